The quantitative estimate of drug-likeness (QED) is 0.759. The van der Waals surface area contributed by atoms with E-state index in [9.17, 15) is 9.59 Å². The normalized spacial score (nSPS) is 18.1. The van der Waals surface area contributed by atoms with Gasteiger partial charge in [0, 0.05) is 0 Å². The fourth-order valence-corrected chi connectivity index (χ4v) is 3.45. The van der Waals surface area contributed by atoms with Crippen LogP contribution >= 0.6 is 0 Å². The maximum atomic E-state index is 12.6. The van der Waals surface area contributed by atoms with Gasteiger partial charge < -0.3 is 9.84 Å². The fraction of sp³-hybridized carbons (Fsp3) is 0.579. The molecule has 0 saturated heterocycles. The second kappa shape index (κ2) is 8.70. The lowest BCUT2D eigenvalue weighted by Crippen LogP contribution is -2.30. The molecule has 2 unspecified atom stereocenters. The highest BCUT2D eigenvalue weighted by Gasteiger charge is 2.33. The number of benzene rings is 1. The number of carboxylic acid groups (broad SMARTS) is 1. The summed E-state index contributed by atoms with van der Waals surface area (Å²) < 4.78 is 5.70. The summed E-state index contributed by atoms with van der Waals surface area (Å²) in [5.41, 5.74) is 0.959. The first-order valence-corrected chi connectivity index (χ1v) is 8.59. The summed E-state index contributed by atoms with van der Waals surface area (Å²) in [7, 11) is 0. The fourth-order valence-electron chi connectivity index (χ4n) is 3.45. The average Bonchev–Trinajstić information content (AvgIpc) is 2.58. The number of ether oxygens (including phenoxy) is 1. The van der Waals surface area contributed by atoms with Crippen LogP contribution in [-0.2, 0) is 14.3 Å². The van der Waals surface area contributed by atoms with E-state index in [2.05, 4.69) is 0 Å². The number of hydrogen-bond acceptors (Lipinski definition) is 3. The van der Waals surface area contributed by atoms with Gasteiger partial charge in [0.25, 0.3) is 0 Å². The first kappa shape index (κ1) is 17.5. The molecule has 0 radical (unpaired) electrons. The third-order valence-electron chi connectivity index (χ3n) is 4.72. The molecule has 2 rings (SSSR count). The summed E-state index contributed by atoms with van der Waals surface area (Å²) in [6.07, 6.45) is 5.42. The van der Waals surface area contributed by atoms with Crippen molar-refractivity contribution in [3.8, 4) is 0 Å². The van der Waals surface area contributed by atoms with Crippen LogP contribution in [0, 0.1) is 11.8 Å². The van der Waals surface area contributed by atoms with Crippen LogP contribution in [0.25, 0.3) is 0 Å². The summed E-state index contributed by atoms with van der Waals surface area (Å²) >= 11 is 0. The van der Waals surface area contributed by atoms with Gasteiger partial charge in [-0.1, -0.05) is 56.5 Å². The van der Waals surface area contributed by atoms with Crippen LogP contribution in [0.4, 0.5) is 0 Å². The summed E-state index contributed by atoms with van der Waals surface area (Å²) in [4.78, 5) is 23.8. The predicted octanol–water partition coefficient (Wildman–Crippen LogP) is 4.35. The molecule has 1 saturated carbocycles. The standard InChI is InChI=1S/C19H26O4/c1-2-17(15-11-7-4-8-12-15)23-19(22)16(13-18(20)21)14-9-5-3-6-10-14/h4,7-8,11-12,14,16-17H,2-3,5-6,9-10,13H2,1H3,(H,20,21). The molecule has 2 atom stereocenters. The number of aliphatic carboxylic acids is 1. The minimum atomic E-state index is -0.926. The van der Waals surface area contributed by atoms with Gasteiger partial charge in [-0.15, -0.1) is 0 Å². The molecule has 0 heterocycles. The molecule has 0 aromatic heterocycles. The number of hydrogen-bond donors (Lipinski definition) is 1. The summed E-state index contributed by atoms with van der Waals surface area (Å²) in [6.45, 7) is 1.97. The third kappa shape index (κ3) is 5.08. The van der Waals surface area contributed by atoms with Gasteiger partial charge in [-0.25, -0.2) is 0 Å². The van der Waals surface area contributed by atoms with Crippen LogP contribution in [0.3, 0.4) is 0 Å². The van der Waals surface area contributed by atoms with Crippen molar-refractivity contribution in [2.24, 2.45) is 11.8 Å². The van der Waals surface area contributed by atoms with E-state index in [1.807, 2.05) is 37.3 Å². The molecule has 0 bridgehead atoms. The van der Waals surface area contributed by atoms with Crippen molar-refractivity contribution in [2.75, 3.05) is 0 Å². The Balaban J connectivity index is 2.07. The van der Waals surface area contributed by atoms with E-state index in [0.717, 1.165) is 31.2 Å². The zero-order chi connectivity index (χ0) is 16.7. The van der Waals surface area contributed by atoms with E-state index >= 15 is 0 Å². The van der Waals surface area contributed by atoms with Crippen molar-refractivity contribution < 1.29 is 19.4 Å². The maximum Gasteiger partial charge on any atom is 0.310 e. The average molecular weight is 318 g/mol. The molecule has 0 aliphatic heterocycles. The molecule has 126 valence electrons. The number of carbonyl (C=O) groups excluding carboxylic acids is 1. The van der Waals surface area contributed by atoms with Gasteiger partial charge in [-0.3, -0.25) is 9.59 Å². The molecule has 0 amide bonds. The van der Waals surface area contributed by atoms with E-state index in [4.69, 9.17) is 9.84 Å². The molecule has 4 nitrogen and oxygen atoms in total. The highest BCUT2D eigenvalue weighted by Crippen LogP contribution is 2.34. The van der Waals surface area contributed by atoms with Crippen LogP contribution < -0.4 is 0 Å². The first-order valence-electron chi connectivity index (χ1n) is 8.59. The first-order chi connectivity index (χ1) is 11.1. The van der Waals surface area contributed by atoms with E-state index in [1.165, 1.54) is 6.42 Å². The van der Waals surface area contributed by atoms with Gasteiger partial charge in [0.2, 0.25) is 0 Å². The van der Waals surface area contributed by atoms with Crippen molar-refractivity contribution in [1.29, 1.82) is 0 Å². The molecule has 4 heteroatoms. The molecule has 1 aromatic rings. The third-order valence-corrected chi connectivity index (χ3v) is 4.72. The minimum absolute atomic E-state index is 0.130. The zero-order valence-corrected chi connectivity index (χ0v) is 13.7. The Morgan fingerprint density at radius 1 is 1.17 bits per heavy atom. The molecule has 0 spiro atoms. The predicted molar refractivity (Wildman–Crippen MR) is 87.9 cm³/mol. The second-order valence-electron chi connectivity index (χ2n) is 6.35. The van der Waals surface area contributed by atoms with Gasteiger partial charge in [0.15, 0.2) is 0 Å². The van der Waals surface area contributed by atoms with Crippen LogP contribution in [0.1, 0.15) is 63.5 Å². The van der Waals surface area contributed by atoms with Crippen molar-refractivity contribution in [3.63, 3.8) is 0 Å². The molecule has 23 heavy (non-hydrogen) atoms. The molecule has 1 N–H and O–H groups in total. The molecule has 1 aromatic carbocycles. The van der Waals surface area contributed by atoms with E-state index in [-0.39, 0.29) is 24.4 Å². The van der Waals surface area contributed by atoms with E-state index < -0.39 is 11.9 Å². The minimum Gasteiger partial charge on any atom is -0.481 e. The van der Waals surface area contributed by atoms with Crippen LogP contribution in [0.5, 0.6) is 0 Å². The van der Waals surface area contributed by atoms with E-state index in [1.54, 1.807) is 0 Å². The number of carbonyl (C=O) groups is 2. The second-order valence-corrected chi connectivity index (χ2v) is 6.35. The van der Waals surface area contributed by atoms with Crippen molar-refractivity contribution in [1.82, 2.24) is 0 Å². The van der Waals surface area contributed by atoms with Gasteiger partial charge in [-0.05, 0) is 30.7 Å². The Hall–Kier alpha value is -1.84. The Kier molecular flexibility index (Phi) is 6.63. The van der Waals surface area contributed by atoms with Crippen molar-refractivity contribution in [2.45, 2.75) is 58.0 Å². The van der Waals surface area contributed by atoms with Crippen LogP contribution in [-0.4, -0.2) is 17.0 Å². The largest absolute Gasteiger partial charge is 0.481 e. The Morgan fingerprint density at radius 2 is 1.83 bits per heavy atom. The van der Waals surface area contributed by atoms with E-state index in [0.29, 0.717) is 6.42 Å². The lowest BCUT2D eigenvalue weighted by atomic mass is 9.78. The zero-order valence-electron chi connectivity index (χ0n) is 13.7. The number of esters is 1. The summed E-state index contributed by atoms with van der Waals surface area (Å²) in [6, 6.07) is 9.64. The lowest BCUT2D eigenvalue weighted by Gasteiger charge is -2.29. The highest BCUT2D eigenvalue weighted by atomic mass is 16.5. The Labute approximate surface area is 137 Å². The topological polar surface area (TPSA) is 63.6 Å². The van der Waals surface area contributed by atoms with Crippen molar-refractivity contribution in [3.05, 3.63) is 35.9 Å². The highest BCUT2D eigenvalue weighted by molar-refractivity contribution is 5.79. The molecule has 1 aliphatic rings. The monoisotopic (exact) mass is 318 g/mol. The number of rotatable bonds is 7. The van der Waals surface area contributed by atoms with Gasteiger partial charge in [-0.2, -0.15) is 0 Å². The Morgan fingerprint density at radius 3 is 2.39 bits per heavy atom. The Bertz CT molecular complexity index is 505. The SMILES string of the molecule is CCC(OC(=O)C(CC(=O)O)C1CCCCC1)c1ccccc1. The van der Waals surface area contributed by atoms with Gasteiger partial charge in [0.1, 0.15) is 6.10 Å². The van der Waals surface area contributed by atoms with Crippen LogP contribution in [0.15, 0.2) is 30.3 Å². The maximum absolute atomic E-state index is 12.6. The lowest BCUT2D eigenvalue weighted by molar-refractivity contribution is -0.161. The molecule has 1 fully saturated rings. The number of carboxylic acids is 1. The van der Waals surface area contributed by atoms with Gasteiger partial charge >= 0.3 is 11.9 Å². The van der Waals surface area contributed by atoms with Gasteiger partial charge in [0.05, 0.1) is 12.3 Å². The molecule has 1 aliphatic carbocycles. The smallest absolute Gasteiger partial charge is 0.310 e. The molecular weight excluding hydrogens is 292 g/mol. The van der Waals surface area contributed by atoms with Crippen LogP contribution in [0.2, 0.25) is 0 Å². The summed E-state index contributed by atoms with van der Waals surface area (Å²) in [5.74, 6) is -1.66. The van der Waals surface area contributed by atoms with Crippen molar-refractivity contribution >= 4 is 11.9 Å². The summed E-state index contributed by atoms with van der Waals surface area (Å²) in [5, 5.41) is 9.16. The molecular formula is C19H26O4.